The summed E-state index contributed by atoms with van der Waals surface area (Å²) in [5.74, 6) is 1.11. The number of pyridine rings is 1. The molecule has 0 bridgehead atoms. The van der Waals surface area contributed by atoms with E-state index in [9.17, 15) is 0 Å². The van der Waals surface area contributed by atoms with Crippen molar-refractivity contribution in [3.63, 3.8) is 0 Å². The minimum absolute atomic E-state index is 0.855. The van der Waals surface area contributed by atoms with Crippen molar-refractivity contribution < 1.29 is 0 Å². The van der Waals surface area contributed by atoms with Crippen LogP contribution in [0.2, 0.25) is 0 Å². The first-order valence-corrected chi connectivity index (χ1v) is 6.84. The van der Waals surface area contributed by atoms with E-state index < -0.39 is 0 Å². The summed E-state index contributed by atoms with van der Waals surface area (Å²) in [5.41, 5.74) is 2.34. The van der Waals surface area contributed by atoms with Crippen molar-refractivity contribution >= 4 is 10.9 Å². The van der Waals surface area contributed by atoms with Crippen LogP contribution >= 0.6 is 0 Å². The lowest BCUT2D eigenvalue weighted by molar-refractivity contribution is 0.656. The molecule has 0 saturated heterocycles. The van der Waals surface area contributed by atoms with Gasteiger partial charge in [0.2, 0.25) is 0 Å². The number of hydrogen-bond donors (Lipinski definition) is 1. The molecule has 1 aromatic carbocycles. The molecule has 0 atom stereocenters. The summed E-state index contributed by atoms with van der Waals surface area (Å²) in [4.78, 5) is 8.70. The molecule has 0 radical (unpaired) electrons. The van der Waals surface area contributed by atoms with Crippen LogP contribution in [0.4, 0.5) is 0 Å². The standard InChI is InChI=1S/C16H18N4/c1-20-11-10-19-16(20)7-8-17-12-13-6-9-18-15-5-3-2-4-14(13)15/h2-6,9-11,17H,7-8,12H2,1H3. The average Bonchev–Trinajstić information content (AvgIpc) is 2.89. The Morgan fingerprint density at radius 3 is 2.85 bits per heavy atom. The van der Waals surface area contributed by atoms with E-state index >= 15 is 0 Å². The van der Waals surface area contributed by atoms with E-state index in [0.29, 0.717) is 0 Å². The average molecular weight is 266 g/mol. The van der Waals surface area contributed by atoms with Crippen LogP contribution in [0, 0.1) is 0 Å². The van der Waals surface area contributed by atoms with E-state index in [1.807, 2.05) is 37.8 Å². The molecule has 0 spiro atoms. The van der Waals surface area contributed by atoms with Gasteiger partial charge in [0, 0.05) is 50.5 Å². The van der Waals surface area contributed by atoms with Crippen molar-refractivity contribution in [2.24, 2.45) is 7.05 Å². The Morgan fingerprint density at radius 2 is 2.00 bits per heavy atom. The highest BCUT2D eigenvalue weighted by molar-refractivity contribution is 5.81. The third-order valence-electron chi connectivity index (χ3n) is 3.50. The van der Waals surface area contributed by atoms with E-state index in [1.54, 1.807) is 0 Å². The van der Waals surface area contributed by atoms with Crippen molar-refractivity contribution in [1.82, 2.24) is 19.9 Å². The van der Waals surface area contributed by atoms with Crippen LogP contribution in [-0.2, 0) is 20.0 Å². The fourth-order valence-electron chi connectivity index (χ4n) is 2.37. The minimum atomic E-state index is 0.855. The number of para-hydroxylation sites is 1. The van der Waals surface area contributed by atoms with Crippen molar-refractivity contribution in [3.8, 4) is 0 Å². The number of benzene rings is 1. The first kappa shape index (κ1) is 12.8. The third kappa shape index (κ3) is 2.70. The molecule has 0 fully saturated rings. The maximum atomic E-state index is 4.38. The molecule has 3 aromatic rings. The van der Waals surface area contributed by atoms with Gasteiger partial charge in [-0.2, -0.15) is 0 Å². The molecule has 20 heavy (non-hydrogen) atoms. The maximum Gasteiger partial charge on any atom is 0.109 e. The molecule has 0 aliphatic carbocycles. The van der Waals surface area contributed by atoms with E-state index in [4.69, 9.17) is 0 Å². The molecule has 0 unspecified atom stereocenters. The number of fused-ring (bicyclic) bond motifs is 1. The van der Waals surface area contributed by atoms with Crippen molar-refractivity contribution in [1.29, 1.82) is 0 Å². The van der Waals surface area contributed by atoms with E-state index in [0.717, 1.165) is 30.9 Å². The Balaban J connectivity index is 1.62. The van der Waals surface area contributed by atoms with Crippen molar-refractivity contribution in [2.45, 2.75) is 13.0 Å². The van der Waals surface area contributed by atoms with Gasteiger partial charge in [0.05, 0.1) is 5.52 Å². The van der Waals surface area contributed by atoms with Gasteiger partial charge in [-0.3, -0.25) is 4.98 Å². The first-order valence-electron chi connectivity index (χ1n) is 6.84. The summed E-state index contributed by atoms with van der Waals surface area (Å²) in [6.07, 6.45) is 6.63. The highest BCUT2D eigenvalue weighted by atomic mass is 15.0. The van der Waals surface area contributed by atoms with Crippen LogP contribution in [0.15, 0.2) is 48.9 Å². The lowest BCUT2D eigenvalue weighted by Gasteiger charge is -2.08. The summed E-state index contributed by atoms with van der Waals surface area (Å²) in [6.45, 7) is 1.77. The van der Waals surface area contributed by atoms with Gasteiger partial charge in [-0.25, -0.2) is 4.98 Å². The number of aromatic nitrogens is 3. The molecular formula is C16H18N4. The molecule has 1 N–H and O–H groups in total. The molecule has 2 aromatic heterocycles. The molecule has 0 amide bonds. The highest BCUT2D eigenvalue weighted by Gasteiger charge is 2.02. The lowest BCUT2D eigenvalue weighted by atomic mass is 10.1. The molecule has 4 nitrogen and oxygen atoms in total. The quantitative estimate of drug-likeness (QED) is 0.721. The van der Waals surface area contributed by atoms with E-state index in [1.165, 1.54) is 10.9 Å². The molecule has 0 saturated carbocycles. The summed E-state index contributed by atoms with van der Waals surface area (Å²) in [7, 11) is 2.03. The van der Waals surface area contributed by atoms with Gasteiger partial charge in [0.15, 0.2) is 0 Å². The van der Waals surface area contributed by atoms with Gasteiger partial charge < -0.3 is 9.88 Å². The Bertz CT molecular complexity index is 697. The Morgan fingerprint density at radius 1 is 1.10 bits per heavy atom. The van der Waals surface area contributed by atoms with Crippen molar-refractivity contribution in [3.05, 3.63) is 60.3 Å². The van der Waals surface area contributed by atoms with Gasteiger partial charge >= 0.3 is 0 Å². The largest absolute Gasteiger partial charge is 0.338 e. The van der Waals surface area contributed by atoms with Gasteiger partial charge in [-0.15, -0.1) is 0 Å². The Hall–Kier alpha value is -2.20. The van der Waals surface area contributed by atoms with Crippen LogP contribution in [0.3, 0.4) is 0 Å². The SMILES string of the molecule is Cn1ccnc1CCNCc1ccnc2ccccc12. The predicted molar refractivity (Wildman–Crippen MR) is 80.4 cm³/mol. The second kappa shape index (κ2) is 5.84. The number of aryl methyl sites for hydroxylation is 1. The summed E-state index contributed by atoms with van der Waals surface area (Å²) < 4.78 is 2.06. The molecule has 2 heterocycles. The number of imidazole rings is 1. The normalized spacial score (nSPS) is 11.1. The second-order valence-electron chi connectivity index (χ2n) is 4.87. The van der Waals surface area contributed by atoms with Crippen LogP contribution in [0.1, 0.15) is 11.4 Å². The second-order valence-corrected chi connectivity index (χ2v) is 4.87. The maximum absolute atomic E-state index is 4.38. The number of nitrogens with zero attached hydrogens (tertiary/aromatic N) is 3. The molecule has 4 heteroatoms. The number of rotatable bonds is 5. The van der Waals surface area contributed by atoms with Crippen LogP contribution in [0.5, 0.6) is 0 Å². The van der Waals surface area contributed by atoms with E-state index in [-0.39, 0.29) is 0 Å². The minimum Gasteiger partial charge on any atom is -0.338 e. The molecular weight excluding hydrogens is 248 g/mol. The fraction of sp³-hybridized carbons (Fsp3) is 0.250. The molecule has 102 valence electrons. The third-order valence-corrected chi connectivity index (χ3v) is 3.50. The molecule has 0 aliphatic rings. The smallest absolute Gasteiger partial charge is 0.109 e. The van der Waals surface area contributed by atoms with Crippen LogP contribution < -0.4 is 5.32 Å². The lowest BCUT2D eigenvalue weighted by Crippen LogP contribution is -2.18. The number of hydrogen-bond acceptors (Lipinski definition) is 3. The van der Waals surface area contributed by atoms with Gasteiger partial charge in [-0.05, 0) is 17.7 Å². The summed E-state index contributed by atoms with van der Waals surface area (Å²) in [5, 5.41) is 4.70. The monoisotopic (exact) mass is 266 g/mol. The zero-order chi connectivity index (χ0) is 13.8. The topological polar surface area (TPSA) is 42.7 Å². The fourth-order valence-corrected chi connectivity index (χ4v) is 2.37. The number of nitrogens with one attached hydrogen (secondary N) is 1. The predicted octanol–water partition coefficient (Wildman–Crippen LogP) is 2.30. The Kier molecular flexibility index (Phi) is 3.74. The van der Waals surface area contributed by atoms with Crippen molar-refractivity contribution in [2.75, 3.05) is 6.54 Å². The van der Waals surface area contributed by atoms with E-state index in [2.05, 4.69) is 38.1 Å². The molecule has 0 aliphatic heterocycles. The first-order chi connectivity index (χ1) is 9.84. The van der Waals surface area contributed by atoms with Crippen LogP contribution in [-0.4, -0.2) is 21.1 Å². The Labute approximate surface area is 118 Å². The zero-order valence-electron chi connectivity index (χ0n) is 11.6. The summed E-state index contributed by atoms with van der Waals surface area (Å²) >= 11 is 0. The summed E-state index contributed by atoms with van der Waals surface area (Å²) in [6, 6.07) is 10.3. The zero-order valence-corrected chi connectivity index (χ0v) is 11.6. The van der Waals surface area contributed by atoms with Gasteiger partial charge in [0.1, 0.15) is 5.82 Å². The molecule has 3 rings (SSSR count). The van der Waals surface area contributed by atoms with Crippen LogP contribution in [0.25, 0.3) is 10.9 Å². The van der Waals surface area contributed by atoms with Gasteiger partial charge in [-0.1, -0.05) is 18.2 Å². The van der Waals surface area contributed by atoms with Gasteiger partial charge in [0.25, 0.3) is 0 Å². The highest BCUT2D eigenvalue weighted by Crippen LogP contribution is 2.15.